The van der Waals surface area contributed by atoms with Gasteiger partial charge in [-0.05, 0) is 25.3 Å². The average Bonchev–Trinajstić information content (AvgIpc) is 2.78. The van der Waals surface area contributed by atoms with E-state index in [1.165, 1.54) is 0 Å². The van der Waals surface area contributed by atoms with Gasteiger partial charge in [-0.25, -0.2) is 0 Å². The van der Waals surface area contributed by atoms with Gasteiger partial charge >= 0.3 is 6.18 Å². The van der Waals surface area contributed by atoms with Crippen molar-refractivity contribution in [2.75, 3.05) is 0 Å². The van der Waals surface area contributed by atoms with E-state index < -0.39 is 18.0 Å². The number of aryl methyl sites for hydroxylation is 2. The fraction of sp³-hybridized carbons (Fsp3) is 0.733. The minimum atomic E-state index is -4.28. The van der Waals surface area contributed by atoms with Gasteiger partial charge in [-0.15, -0.1) is 0 Å². The Hall–Kier alpha value is -1.33. The molecule has 0 amide bonds. The van der Waals surface area contributed by atoms with E-state index in [2.05, 4.69) is 5.10 Å². The standard InChI is InChI=1S/C15H21F3N2O/c1-3-10-8-11(20(2)19-10)9-14(21)12-6-4-5-7-13(12)15(16,17)18/h8,12-13H,3-7,9H2,1-2H3. The molecule has 1 aromatic rings. The maximum atomic E-state index is 13.1. The van der Waals surface area contributed by atoms with Gasteiger partial charge < -0.3 is 0 Å². The van der Waals surface area contributed by atoms with Crippen molar-refractivity contribution in [3.63, 3.8) is 0 Å². The zero-order chi connectivity index (χ0) is 15.6. The maximum absolute atomic E-state index is 13.1. The van der Waals surface area contributed by atoms with Gasteiger partial charge in [0.05, 0.1) is 11.6 Å². The fourth-order valence-electron chi connectivity index (χ4n) is 3.13. The van der Waals surface area contributed by atoms with Crippen LogP contribution in [0.15, 0.2) is 6.07 Å². The number of carbonyl (C=O) groups excluding carboxylic acids is 1. The lowest BCUT2D eigenvalue weighted by molar-refractivity contribution is -0.197. The average molecular weight is 302 g/mol. The Morgan fingerprint density at radius 1 is 1.38 bits per heavy atom. The smallest absolute Gasteiger partial charge is 0.299 e. The summed E-state index contributed by atoms with van der Waals surface area (Å²) < 4.78 is 40.8. The van der Waals surface area contributed by atoms with Crippen LogP contribution in [0.25, 0.3) is 0 Å². The van der Waals surface area contributed by atoms with Crippen molar-refractivity contribution in [2.45, 2.75) is 51.6 Å². The third kappa shape index (κ3) is 3.66. The second kappa shape index (κ2) is 6.20. The Morgan fingerprint density at radius 2 is 2.05 bits per heavy atom. The van der Waals surface area contributed by atoms with Crippen molar-refractivity contribution in [1.29, 1.82) is 0 Å². The Morgan fingerprint density at radius 3 is 2.62 bits per heavy atom. The zero-order valence-corrected chi connectivity index (χ0v) is 12.4. The summed E-state index contributed by atoms with van der Waals surface area (Å²) in [7, 11) is 1.73. The molecule has 21 heavy (non-hydrogen) atoms. The quantitative estimate of drug-likeness (QED) is 0.853. The molecule has 1 aliphatic carbocycles. The number of nitrogens with zero attached hydrogens (tertiary/aromatic N) is 2. The molecule has 0 N–H and O–H groups in total. The molecule has 6 heteroatoms. The lowest BCUT2D eigenvalue weighted by atomic mass is 9.75. The molecule has 3 nitrogen and oxygen atoms in total. The number of aromatic nitrogens is 2. The minimum absolute atomic E-state index is 0.0424. The summed E-state index contributed by atoms with van der Waals surface area (Å²) in [6, 6.07) is 1.81. The number of carbonyl (C=O) groups is 1. The Balaban J connectivity index is 2.12. The molecule has 2 unspecified atom stereocenters. The van der Waals surface area contributed by atoms with Crippen LogP contribution < -0.4 is 0 Å². The summed E-state index contributed by atoms with van der Waals surface area (Å²) in [6.07, 6.45) is -1.81. The molecule has 1 aliphatic rings. The lowest BCUT2D eigenvalue weighted by Gasteiger charge is -2.32. The van der Waals surface area contributed by atoms with Crippen LogP contribution in [-0.2, 0) is 24.7 Å². The van der Waals surface area contributed by atoms with E-state index in [-0.39, 0.29) is 18.6 Å². The van der Waals surface area contributed by atoms with E-state index in [9.17, 15) is 18.0 Å². The highest BCUT2D eigenvalue weighted by Gasteiger charge is 2.47. The lowest BCUT2D eigenvalue weighted by Crippen LogP contribution is -2.38. The first kappa shape index (κ1) is 16.0. The summed E-state index contributed by atoms with van der Waals surface area (Å²) in [5, 5.41) is 4.24. The molecule has 1 aromatic heterocycles. The summed E-state index contributed by atoms with van der Waals surface area (Å²) in [4.78, 5) is 12.3. The summed E-state index contributed by atoms with van der Waals surface area (Å²) in [5.74, 6) is -2.67. The van der Waals surface area contributed by atoms with E-state index in [1.54, 1.807) is 11.7 Å². The summed E-state index contributed by atoms with van der Waals surface area (Å²) in [5.41, 5.74) is 1.56. The van der Waals surface area contributed by atoms with Gasteiger partial charge in [0.25, 0.3) is 0 Å². The van der Waals surface area contributed by atoms with E-state index in [0.717, 1.165) is 12.1 Å². The Bertz CT molecular complexity index is 508. The molecule has 1 fully saturated rings. The maximum Gasteiger partial charge on any atom is 0.392 e. The van der Waals surface area contributed by atoms with Crippen molar-refractivity contribution in [1.82, 2.24) is 9.78 Å². The minimum Gasteiger partial charge on any atom is -0.299 e. The van der Waals surface area contributed by atoms with Crippen LogP contribution in [0.3, 0.4) is 0 Å². The largest absolute Gasteiger partial charge is 0.392 e. The third-order valence-corrected chi connectivity index (χ3v) is 4.34. The van der Waals surface area contributed by atoms with Crippen molar-refractivity contribution >= 4 is 5.78 Å². The highest BCUT2D eigenvalue weighted by atomic mass is 19.4. The second-order valence-corrected chi connectivity index (χ2v) is 5.79. The monoisotopic (exact) mass is 302 g/mol. The highest BCUT2D eigenvalue weighted by molar-refractivity contribution is 5.83. The fourth-order valence-corrected chi connectivity index (χ4v) is 3.13. The predicted octanol–water partition coefficient (Wildman–Crippen LogP) is 3.46. The third-order valence-electron chi connectivity index (χ3n) is 4.34. The van der Waals surface area contributed by atoms with Crippen molar-refractivity contribution < 1.29 is 18.0 Å². The zero-order valence-electron chi connectivity index (χ0n) is 12.4. The SMILES string of the molecule is CCc1cc(CC(=O)C2CCCCC2C(F)(F)F)n(C)n1. The number of hydrogen-bond donors (Lipinski definition) is 0. The first-order chi connectivity index (χ1) is 9.82. The van der Waals surface area contributed by atoms with Crippen LogP contribution in [0, 0.1) is 11.8 Å². The number of halogens is 3. The van der Waals surface area contributed by atoms with Gasteiger partial charge in [-0.2, -0.15) is 18.3 Å². The molecule has 0 aromatic carbocycles. The number of rotatable bonds is 4. The highest BCUT2D eigenvalue weighted by Crippen LogP contribution is 2.42. The first-order valence-electron chi connectivity index (χ1n) is 7.44. The first-order valence-corrected chi connectivity index (χ1v) is 7.44. The number of Topliss-reactive ketones (excluding diaryl/α,β-unsaturated/α-hetero) is 1. The molecule has 0 spiro atoms. The van der Waals surface area contributed by atoms with Crippen LogP contribution in [0.5, 0.6) is 0 Å². The van der Waals surface area contributed by atoms with E-state index >= 15 is 0 Å². The van der Waals surface area contributed by atoms with Crippen LogP contribution >= 0.6 is 0 Å². The van der Waals surface area contributed by atoms with E-state index in [1.807, 2.05) is 13.0 Å². The van der Waals surface area contributed by atoms with Crippen LogP contribution in [-0.4, -0.2) is 21.7 Å². The van der Waals surface area contributed by atoms with Gasteiger partial charge in [0.1, 0.15) is 5.78 Å². The van der Waals surface area contributed by atoms with Crippen molar-refractivity contribution in [3.8, 4) is 0 Å². The van der Waals surface area contributed by atoms with Gasteiger partial charge in [-0.1, -0.05) is 19.8 Å². The molecule has 118 valence electrons. The number of alkyl halides is 3. The molecule has 0 bridgehead atoms. The van der Waals surface area contributed by atoms with Crippen molar-refractivity contribution in [3.05, 3.63) is 17.5 Å². The predicted molar refractivity (Wildman–Crippen MR) is 72.8 cm³/mol. The van der Waals surface area contributed by atoms with Crippen LogP contribution in [0.1, 0.15) is 44.0 Å². The molecule has 0 radical (unpaired) electrons. The number of ketones is 1. The molecular formula is C15H21F3N2O. The molecule has 2 atom stereocenters. The van der Waals surface area contributed by atoms with E-state index in [0.29, 0.717) is 25.0 Å². The number of hydrogen-bond acceptors (Lipinski definition) is 2. The summed E-state index contributed by atoms with van der Waals surface area (Å²) in [6.45, 7) is 1.95. The second-order valence-electron chi connectivity index (χ2n) is 5.79. The van der Waals surface area contributed by atoms with Crippen LogP contribution in [0.4, 0.5) is 13.2 Å². The molecule has 0 aliphatic heterocycles. The summed E-state index contributed by atoms with van der Waals surface area (Å²) >= 11 is 0. The normalized spacial score (nSPS) is 23.3. The molecule has 1 saturated carbocycles. The van der Waals surface area contributed by atoms with Gasteiger partial charge in [-0.3, -0.25) is 9.48 Å². The molecule has 1 heterocycles. The Kier molecular flexibility index (Phi) is 4.74. The van der Waals surface area contributed by atoms with Gasteiger partial charge in [0.15, 0.2) is 0 Å². The van der Waals surface area contributed by atoms with Crippen molar-refractivity contribution in [2.24, 2.45) is 18.9 Å². The molecule has 0 saturated heterocycles. The van der Waals surface area contributed by atoms with Crippen LogP contribution in [0.2, 0.25) is 0 Å². The topological polar surface area (TPSA) is 34.9 Å². The van der Waals surface area contributed by atoms with E-state index in [4.69, 9.17) is 0 Å². The Labute approximate surface area is 122 Å². The molecule has 2 rings (SSSR count). The van der Waals surface area contributed by atoms with Gasteiger partial charge in [0, 0.05) is 25.1 Å². The van der Waals surface area contributed by atoms with Gasteiger partial charge in [0.2, 0.25) is 0 Å². The molecular weight excluding hydrogens is 281 g/mol.